The molecule has 2 N–H and O–H groups in total. The zero-order valence-electron chi connectivity index (χ0n) is 7.56. The number of ether oxygens (including phenoxy) is 1. The van der Waals surface area contributed by atoms with E-state index in [0.717, 1.165) is 40.9 Å². The Balaban J connectivity index is 2.60. The molecule has 70 valence electrons. The third-order valence-electron chi connectivity index (χ3n) is 2.42. The van der Waals surface area contributed by atoms with Crippen LogP contribution in [-0.2, 0) is 6.42 Å². The average Bonchev–Trinajstić information content (AvgIpc) is 2.15. The predicted octanol–water partition coefficient (Wildman–Crippen LogP) is 2.66. The van der Waals surface area contributed by atoms with Gasteiger partial charge in [-0.05, 0) is 52.9 Å². The van der Waals surface area contributed by atoms with Gasteiger partial charge in [0.2, 0.25) is 0 Å². The van der Waals surface area contributed by atoms with Crippen LogP contribution in [0.4, 0.5) is 5.69 Å². The Hall–Kier alpha value is -0.700. The van der Waals surface area contributed by atoms with E-state index in [1.807, 2.05) is 13.0 Å². The number of nitrogens with two attached hydrogens (primary N) is 1. The second kappa shape index (κ2) is 3.22. The molecular weight excluding hydrogens is 230 g/mol. The van der Waals surface area contributed by atoms with Crippen LogP contribution in [0, 0.1) is 6.92 Å². The lowest BCUT2D eigenvalue weighted by Crippen LogP contribution is -2.10. The van der Waals surface area contributed by atoms with Crippen molar-refractivity contribution in [3.8, 4) is 5.75 Å². The van der Waals surface area contributed by atoms with E-state index in [4.69, 9.17) is 10.5 Å². The molecule has 0 saturated heterocycles. The number of nitrogen functional groups attached to an aromatic ring is 1. The molecule has 0 amide bonds. The first kappa shape index (κ1) is 8.88. The van der Waals surface area contributed by atoms with Crippen LogP contribution in [0.5, 0.6) is 5.75 Å². The predicted molar refractivity (Wildman–Crippen MR) is 57.1 cm³/mol. The van der Waals surface area contributed by atoms with E-state index in [2.05, 4.69) is 15.9 Å². The van der Waals surface area contributed by atoms with Crippen LogP contribution >= 0.6 is 15.9 Å². The number of halogens is 1. The molecule has 1 aliphatic heterocycles. The van der Waals surface area contributed by atoms with E-state index in [1.165, 1.54) is 5.56 Å². The van der Waals surface area contributed by atoms with Crippen molar-refractivity contribution in [3.05, 3.63) is 21.7 Å². The van der Waals surface area contributed by atoms with Gasteiger partial charge in [0.1, 0.15) is 5.75 Å². The summed E-state index contributed by atoms with van der Waals surface area (Å²) in [4.78, 5) is 0. The standard InChI is InChI=1S/C10H12BrNO/c1-6-8(12)5-7-3-2-4-13-10(7)9(6)11/h5H,2-4,12H2,1H3. The van der Waals surface area contributed by atoms with Crippen LogP contribution in [0.25, 0.3) is 0 Å². The molecule has 0 saturated carbocycles. The molecule has 0 aromatic heterocycles. The topological polar surface area (TPSA) is 35.2 Å². The van der Waals surface area contributed by atoms with Crippen molar-refractivity contribution in [1.29, 1.82) is 0 Å². The number of fused-ring (bicyclic) bond motifs is 1. The molecular formula is C10H12BrNO. The van der Waals surface area contributed by atoms with Crippen molar-refractivity contribution in [1.82, 2.24) is 0 Å². The maximum absolute atomic E-state index is 5.86. The molecule has 0 radical (unpaired) electrons. The van der Waals surface area contributed by atoms with E-state index in [1.54, 1.807) is 0 Å². The molecule has 0 fully saturated rings. The SMILES string of the molecule is Cc1c(N)cc2c(c1Br)OCCC2. The molecule has 1 aliphatic rings. The largest absolute Gasteiger partial charge is 0.492 e. The fourth-order valence-electron chi connectivity index (χ4n) is 1.58. The molecule has 0 atom stereocenters. The molecule has 0 unspecified atom stereocenters. The van der Waals surface area contributed by atoms with Crippen LogP contribution in [-0.4, -0.2) is 6.61 Å². The lowest BCUT2D eigenvalue weighted by atomic mass is 10.0. The number of hydrogen-bond donors (Lipinski definition) is 1. The zero-order chi connectivity index (χ0) is 9.42. The molecule has 2 rings (SSSR count). The number of aryl methyl sites for hydroxylation is 1. The molecule has 0 spiro atoms. The van der Waals surface area contributed by atoms with Gasteiger partial charge in [0.05, 0.1) is 11.1 Å². The van der Waals surface area contributed by atoms with Gasteiger partial charge in [-0.2, -0.15) is 0 Å². The van der Waals surface area contributed by atoms with Crippen LogP contribution in [0.2, 0.25) is 0 Å². The highest BCUT2D eigenvalue weighted by molar-refractivity contribution is 9.10. The van der Waals surface area contributed by atoms with Crippen molar-refractivity contribution in [3.63, 3.8) is 0 Å². The zero-order valence-corrected chi connectivity index (χ0v) is 9.15. The van der Waals surface area contributed by atoms with Gasteiger partial charge in [0, 0.05) is 5.69 Å². The summed E-state index contributed by atoms with van der Waals surface area (Å²) in [6, 6.07) is 2.02. The minimum absolute atomic E-state index is 0.814. The Morgan fingerprint density at radius 3 is 3.08 bits per heavy atom. The summed E-state index contributed by atoms with van der Waals surface area (Å²) in [5.41, 5.74) is 9.00. The number of anilines is 1. The van der Waals surface area contributed by atoms with Gasteiger partial charge in [-0.25, -0.2) is 0 Å². The first-order valence-electron chi connectivity index (χ1n) is 4.40. The third kappa shape index (κ3) is 1.41. The second-order valence-corrected chi connectivity index (χ2v) is 4.14. The highest BCUT2D eigenvalue weighted by Gasteiger charge is 2.16. The van der Waals surface area contributed by atoms with E-state index in [9.17, 15) is 0 Å². The molecule has 3 heteroatoms. The minimum atomic E-state index is 0.814. The van der Waals surface area contributed by atoms with Gasteiger partial charge >= 0.3 is 0 Å². The maximum atomic E-state index is 5.86. The first-order valence-corrected chi connectivity index (χ1v) is 5.19. The second-order valence-electron chi connectivity index (χ2n) is 3.35. The normalized spacial score (nSPS) is 14.9. The van der Waals surface area contributed by atoms with Gasteiger partial charge in [0.25, 0.3) is 0 Å². The van der Waals surface area contributed by atoms with Crippen LogP contribution in [0.15, 0.2) is 10.5 Å². The minimum Gasteiger partial charge on any atom is -0.492 e. The Morgan fingerprint density at radius 2 is 2.31 bits per heavy atom. The van der Waals surface area contributed by atoms with Gasteiger partial charge in [-0.3, -0.25) is 0 Å². The van der Waals surface area contributed by atoms with Crippen LogP contribution in [0.1, 0.15) is 17.5 Å². The monoisotopic (exact) mass is 241 g/mol. The highest BCUT2D eigenvalue weighted by Crippen LogP contribution is 2.38. The molecule has 1 heterocycles. The maximum Gasteiger partial charge on any atom is 0.137 e. The van der Waals surface area contributed by atoms with Gasteiger partial charge in [-0.15, -0.1) is 0 Å². The van der Waals surface area contributed by atoms with Crippen molar-refractivity contribution in [2.75, 3.05) is 12.3 Å². The summed E-state index contributed by atoms with van der Waals surface area (Å²) in [7, 11) is 0. The van der Waals surface area contributed by atoms with Gasteiger partial charge in [0.15, 0.2) is 0 Å². The van der Waals surface area contributed by atoms with E-state index < -0.39 is 0 Å². The fraction of sp³-hybridized carbons (Fsp3) is 0.400. The quantitative estimate of drug-likeness (QED) is 0.710. The third-order valence-corrected chi connectivity index (χ3v) is 3.37. The lowest BCUT2D eigenvalue weighted by Gasteiger charge is -2.20. The first-order chi connectivity index (χ1) is 6.20. The summed E-state index contributed by atoms with van der Waals surface area (Å²) in [5.74, 6) is 0.984. The molecule has 0 aliphatic carbocycles. The van der Waals surface area contributed by atoms with E-state index in [0.29, 0.717) is 0 Å². The Morgan fingerprint density at radius 1 is 1.54 bits per heavy atom. The smallest absolute Gasteiger partial charge is 0.137 e. The number of rotatable bonds is 0. The van der Waals surface area contributed by atoms with E-state index in [-0.39, 0.29) is 0 Å². The molecule has 2 nitrogen and oxygen atoms in total. The van der Waals surface area contributed by atoms with Crippen molar-refractivity contribution in [2.45, 2.75) is 19.8 Å². The summed E-state index contributed by atoms with van der Waals surface area (Å²) in [5, 5.41) is 0. The number of benzene rings is 1. The summed E-state index contributed by atoms with van der Waals surface area (Å²) in [6.07, 6.45) is 2.15. The average molecular weight is 242 g/mol. The molecule has 1 aromatic rings. The van der Waals surface area contributed by atoms with Gasteiger partial charge < -0.3 is 10.5 Å². The summed E-state index contributed by atoms with van der Waals surface area (Å²) < 4.78 is 6.60. The van der Waals surface area contributed by atoms with Gasteiger partial charge in [-0.1, -0.05) is 0 Å². The Bertz CT molecular complexity index is 349. The van der Waals surface area contributed by atoms with E-state index >= 15 is 0 Å². The van der Waals surface area contributed by atoms with Crippen molar-refractivity contribution < 1.29 is 4.74 Å². The van der Waals surface area contributed by atoms with Crippen LogP contribution < -0.4 is 10.5 Å². The Labute approximate surface area is 86.2 Å². The van der Waals surface area contributed by atoms with Crippen LogP contribution in [0.3, 0.4) is 0 Å². The lowest BCUT2D eigenvalue weighted by molar-refractivity contribution is 0.286. The van der Waals surface area contributed by atoms with Crippen molar-refractivity contribution >= 4 is 21.6 Å². The number of hydrogen-bond acceptors (Lipinski definition) is 2. The summed E-state index contributed by atoms with van der Waals surface area (Å²) >= 11 is 3.51. The van der Waals surface area contributed by atoms with Crippen molar-refractivity contribution in [2.24, 2.45) is 0 Å². The Kier molecular flexibility index (Phi) is 2.20. The molecule has 0 bridgehead atoms. The highest BCUT2D eigenvalue weighted by atomic mass is 79.9. The summed E-state index contributed by atoms with van der Waals surface area (Å²) in [6.45, 7) is 2.81. The fourth-order valence-corrected chi connectivity index (χ4v) is 2.18. The molecule has 1 aromatic carbocycles. The molecule has 13 heavy (non-hydrogen) atoms.